The van der Waals surface area contributed by atoms with Gasteiger partial charge in [-0.3, -0.25) is 4.79 Å². The van der Waals surface area contributed by atoms with Crippen molar-refractivity contribution in [2.45, 2.75) is 12.3 Å². The van der Waals surface area contributed by atoms with Crippen LogP contribution in [0.5, 0.6) is 0 Å². The van der Waals surface area contributed by atoms with Crippen LogP contribution in [0.3, 0.4) is 0 Å². The molecule has 4 rings (SSSR count). The molecule has 1 unspecified atom stereocenters. The van der Waals surface area contributed by atoms with E-state index in [4.69, 9.17) is 0 Å². The summed E-state index contributed by atoms with van der Waals surface area (Å²) in [7, 11) is 0. The molecule has 1 aliphatic rings. The van der Waals surface area contributed by atoms with Gasteiger partial charge in [0.1, 0.15) is 0 Å². The maximum Gasteiger partial charge on any atom is 0.267 e. The van der Waals surface area contributed by atoms with Crippen LogP contribution < -0.4 is 5.32 Å². The number of anilines is 2. The van der Waals surface area contributed by atoms with E-state index in [0.29, 0.717) is 42.3 Å². The number of amides is 1. The molecule has 1 aromatic heterocycles. The molecule has 0 spiro atoms. The lowest BCUT2D eigenvalue weighted by Gasteiger charge is -2.17. The van der Waals surface area contributed by atoms with Gasteiger partial charge in [-0.15, -0.1) is 5.10 Å². The summed E-state index contributed by atoms with van der Waals surface area (Å²) in [6.45, 7) is 1.03. The smallest absolute Gasteiger partial charge is 0.267 e. The Bertz CT molecular complexity index is 962. The number of halogens is 2. The summed E-state index contributed by atoms with van der Waals surface area (Å²) in [5.41, 5.74) is 1.89. The van der Waals surface area contributed by atoms with Crippen molar-refractivity contribution < 1.29 is 13.6 Å². The fraction of sp³-hybridized carbons (Fsp3) is 0.222. The molecule has 0 aliphatic carbocycles. The number of H-pyrrole nitrogens is 1. The molecule has 138 valence electrons. The predicted molar refractivity (Wildman–Crippen MR) is 93.5 cm³/mol. The molecule has 1 amide bonds. The number of rotatable bonds is 4. The van der Waals surface area contributed by atoms with Crippen molar-refractivity contribution in [3.63, 3.8) is 0 Å². The number of carbonyl (C=O) groups excluding carboxylic acids is 1. The zero-order valence-corrected chi connectivity index (χ0v) is 14.2. The first kappa shape index (κ1) is 17.1. The van der Waals surface area contributed by atoms with Gasteiger partial charge in [0.05, 0.1) is 0 Å². The Balaban J connectivity index is 1.46. The molecule has 7 nitrogen and oxygen atoms in total. The summed E-state index contributed by atoms with van der Waals surface area (Å²) in [4.78, 5) is 14.5. The Labute approximate surface area is 153 Å². The molecule has 27 heavy (non-hydrogen) atoms. The van der Waals surface area contributed by atoms with Gasteiger partial charge in [0.15, 0.2) is 11.6 Å². The van der Waals surface area contributed by atoms with Crippen LogP contribution in [-0.2, 0) is 0 Å². The zero-order chi connectivity index (χ0) is 18.8. The van der Waals surface area contributed by atoms with Crippen LogP contribution in [0.4, 0.5) is 20.4 Å². The van der Waals surface area contributed by atoms with Crippen molar-refractivity contribution >= 4 is 17.5 Å². The van der Waals surface area contributed by atoms with E-state index >= 15 is 0 Å². The number of nitrogens with one attached hydrogen (secondary N) is 2. The van der Waals surface area contributed by atoms with Gasteiger partial charge in [-0.1, -0.05) is 17.2 Å². The maximum atomic E-state index is 13.5. The summed E-state index contributed by atoms with van der Waals surface area (Å²) in [6, 6.07) is 10.9. The first-order valence-corrected chi connectivity index (χ1v) is 8.45. The second-order valence-corrected chi connectivity index (χ2v) is 6.35. The fourth-order valence-corrected chi connectivity index (χ4v) is 3.24. The van der Waals surface area contributed by atoms with E-state index in [1.807, 2.05) is 0 Å². The minimum absolute atomic E-state index is 0.00955. The van der Waals surface area contributed by atoms with E-state index in [1.54, 1.807) is 35.2 Å². The topological polar surface area (TPSA) is 86.8 Å². The SMILES string of the molecule is O=C(c1cccc(Nc2nn[nH]n2)c1)N1CCC(c2ccc(F)c(F)c2)C1. The zero-order valence-electron chi connectivity index (χ0n) is 14.2. The van der Waals surface area contributed by atoms with E-state index in [1.165, 1.54) is 6.07 Å². The summed E-state index contributed by atoms with van der Waals surface area (Å²) in [6.07, 6.45) is 0.706. The Morgan fingerprint density at radius 3 is 2.85 bits per heavy atom. The number of aromatic nitrogens is 4. The third kappa shape index (κ3) is 3.62. The van der Waals surface area contributed by atoms with Crippen LogP contribution >= 0.6 is 0 Å². The van der Waals surface area contributed by atoms with Crippen molar-refractivity contribution in [3.8, 4) is 0 Å². The molecular weight excluding hydrogens is 354 g/mol. The molecule has 1 atom stereocenters. The van der Waals surface area contributed by atoms with Crippen LogP contribution in [0, 0.1) is 11.6 Å². The average Bonchev–Trinajstić information content (AvgIpc) is 3.36. The highest BCUT2D eigenvalue weighted by atomic mass is 19.2. The average molecular weight is 370 g/mol. The van der Waals surface area contributed by atoms with Crippen LogP contribution in [-0.4, -0.2) is 44.5 Å². The molecule has 1 saturated heterocycles. The number of benzene rings is 2. The van der Waals surface area contributed by atoms with Crippen molar-refractivity contribution in [2.24, 2.45) is 0 Å². The third-order valence-electron chi connectivity index (χ3n) is 4.60. The lowest BCUT2D eigenvalue weighted by Crippen LogP contribution is -2.28. The second kappa shape index (κ2) is 7.10. The van der Waals surface area contributed by atoms with Gasteiger partial charge < -0.3 is 10.2 Å². The van der Waals surface area contributed by atoms with Crippen molar-refractivity contribution in [2.75, 3.05) is 18.4 Å². The van der Waals surface area contributed by atoms with Gasteiger partial charge in [-0.25, -0.2) is 8.78 Å². The molecule has 9 heteroatoms. The Morgan fingerprint density at radius 2 is 2.07 bits per heavy atom. The lowest BCUT2D eigenvalue weighted by atomic mass is 9.98. The fourth-order valence-electron chi connectivity index (χ4n) is 3.24. The largest absolute Gasteiger partial charge is 0.338 e. The lowest BCUT2D eigenvalue weighted by molar-refractivity contribution is 0.0791. The van der Waals surface area contributed by atoms with Crippen molar-refractivity contribution in [1.82, 2.24) is 25.5 Å². The first-order chi connectivity index (χ1) is 13.1. The van der Waals surface area contributed by atoms with Gasteiger partial charge >= 0.3 is 0 Å². The third-order valence-corrected chi connectivity index (χ3v) is 4.60. The van der Waals surface area contributed by atoms with Gasteiger partial charge in [0.25, 0.3) is 11.9 Å². The number of nitrogens with zero attached hydrogens (tertiary/aromatic N) is 4. The first-order valence-electron chi connectivity index (χ1n) is 8.45. The van der Waals surface area contributed by atoms with E-state index in [0.717, 1.165) is 6.07 Å². The van der Waals surface area contributed by atoms with Crippen LogP contribution in [0.2, 0.25) is 0 Å². The van der Waals surface area contributed by atoms with Crippen LogP contribution in [0.25, 0.3) is 0 Å². The monoisotopic (exact) mass is 370 g/mol. The number of likely N-dealkylation sites (tertiary alicyclic amines) is 1. The molecule has 1 fully saturated rings. The van der Waals surface area contributed by atoms with Gasteiger partial charge in [-0.2, -0.15) is 5.21 Å². The van der Waals surface area contributed by atoms with E-state index in [2.05, 4.69) is 25.9 Å². The predicted octanol–water partition coefficient (Wildman–Crippen LogP) is 2.85. The minimum atomic E-state index is -0.865. The van der Waals surface area contributed by atoms with Gasteiger partial charge in [-0.05, 0) is 47.5 Å². The molecule has 0 radical (unpaired) electrons. The summed E-state index contributed by atoms with van der Waals surface area (Å²) in [5, 5.41) is 16.4. The number of aromatic amines is 1. The number of hydrogen-bond acceptors (Lipinski definition) is 5. The van der Waals surface area contributed by atoms with Crippen molar-refractivity contribution in [1.29, 1.82) is 0 Å². The van der Waals surface area contributed by atoms with E-state index in [9.17, 15) is 13.6 Å². The van der Waals surface area contributed by atoms with Gasteiger partial charge in [0, 0.05) is 30.3 Å². The molecule has 2 N–H and O–H groups in total. The minimum Gasteiger partial charge on any atom is -0.338 e. The molecule has 1 aliphatic heterocycles. The number of tetrazole rings is 1. The molecule has 0 bridgehead atoms. The number of carbonyl (C=O) groups is 1. The molecular formula is C18H16F2N6O. The Morgan fingerprint density at radius 1 is 1.19 bits per heavy atom. The van der Waals surface area contributed by atoms with Crippen LogP contribution in [0.1, 0.15) is 28.3 Å². The maximum absolute atomic E-state index is 13.5. The van der Waals surface area contributed by atoms with E-state index in [-0.39, 0.29) is 11.8 Å². The summed E-state index contributed by atoms with van der Waals surface area (Å²) >= 11 is 0. The highest BCUT2D eigenvalue weighted by Crippen LogP contribution is 2.29. The van der Waals surface area contributed by atoms with E-state index < -0.39 is 11.6 Å². The molecule has 0 saturated carbocycles. The van der Waals surface area contributed by atoms with Crippen molar-refractivity contribution in [3.05, 3.63) is 65.2 Å². The highest BCUT2D eigenvalue weighted by molar-refractivity contribution is 5.95. The van der Waals surface area contributed by atoms with Crippen LogP contribution in [0.15, 0.2) is 42.5 Å². The van der Waals surface area contributed by atoms with Gasteiger partial charge in [0.2, 0.25) is 0 Å². The Hall–Kier alpha value is -3.36. The number of hydrogen-bond donors (Lipinski definition) is 2. The highest BCUT2D eigenvalue weighted by Gasteiger charge is 2.28. The summed E-state index contributed by atoms with van der Waals surface area (Å²) in [5.74, 6) is -1.55. The molecule has 3 aromatic rings. The quantitative estimate of drug-likeness (QED) is 0.737. The molecule has 2 heterocycles. The standard InChI is InChI=1S/C18H16F2N6O/c19-15-5-4-11(9-16(15)20)13-6-7-26(10-13)17(27)12-2-1-3-14(8-12)21-18-22-24-25-23-18/h1-5,8-9,13H,6-7,10H2,(H2,21,22,23,24,25). The molecule has 2 aromatic carbocycles. The normalized spacial score (nSPS) is 16.5. The Kier molecular flexibility index (Phi) is 4.49. The second-order valence-electron chi connectivity index (χ2n) is 6.35. The summed E-state index contributed by atoms with van der Waals surface area (Å²) < 4.78 is 26.6.